The largest absolute Gasteiger partial charge is 0.391 e. The zero-order valence-corrected chi connectivity index (χ0v) is 8.05. The maximum atomic E-state index is 11.1. The minimum Gasteiger partial charge on any atom is -0.391 e. The van der Waals surface area contributed by atoms with E-state index in [1.807, 2.05) is 6.92 Å². The fourth-order valence-electron chi connectivity index (χ4n) is 1.66. The van der Waals surface area contributed by atoms with Crippen LogP contribution in [0.1, 0.15) is 32.6 Å². The van der Waals surface area contributed by atoms with Crippen molar-refractivity contribution in [3.8, 4) is 0 Å². The van der Waals surface area contributed by atoms with E-state index in [0.29, 0.717) is 6.54 Å². The lowest BCUT2D eigenvalue weighted by Gasteiger charge is -2.28. The van der Waals surface area contributed by atoms with Crippen molar-refractivity contribution in [1.29, 1.82) is 0 Å². The lowest BCUT2D eigenvalue weighted by atomic mass is 9.93. The average Bonchev–Trinajstić information content (AvgIpc) is 2.09. The van der Waals surface area contributed by atoms with E-state index in [1.165, 1.54) is 0 Å². The Morgan fingerprint density at radius 1 is 1.46 bits per heavy atom. The lowest BCUT2D eigenvalue weighted by Crippen LogP contribution is -2.48. The van der Waals surface area contributed by atoms with Crippen molar-refractivity contribution in [1.82, 2.24) is 10.6 Å². The Bertz CT molecular complexity index is 173. The van der Waals surface area contributed by atoms with E-state index >= 15 is 0 Å². The van der Waals surface area contributed by atoms with Crippen LogP contribution in [0.5, 0.6) is 0 Å². The second-order valence-corrected chi connectivity index (χ2v) is 3.46. The fourth-order valence-corrected chi connectivity index (χ4v) is 1.66. The Balaban J connectivity index is 2.29. The summed E-state index contributed by atoms with van der Waals surface area (Å²) in [5, 5.41) is 15.0. The van der Waals surface area contributed by atoms with Gasteiger partial charge in [0.1, 0.15) is 0 Å². The van der Waals surface area contributed by atoms with Crippen LogP contribution < -0.4 is 10.6 Å². The van der Waals surface area contributed by atoms with Crippen LogP contribution >= 0.6 is 0 Å². The maximum absolute atomic E-state index is 11.1. The van der Waals surface area contributed by atoms with Crippen LogP contribution in [0.2, 0.25) is 0 Å². The quantitative estimate of drug-likeness (QED) is 0.591. The number of urea groups is 1. The summed E-state index contributed by atoms with van der Waals surface area (Å²) in [5.74, 6) is 0. The summed E-state index contributed by atoms with van der Waals surface area (Å²) in [6.07, 6.45) is 3.48. The highest BCUT2D eigenvalue weighted by molar-refractivity contribution is 5.74. The standard InChI is InChI=1S/C9H18N2O2/c1-2-10-9(13)11-7-5-3-4-6-8(7)12/h7-8,12H,2-6H2,1H3,(H2,10,11,13)/t7-,8-/m0/s1. The van der Waals surface area contributed by atoms with Gasteiger partial charge < -0.3 is 15.7 Å². The van der Waals surface area contributed by atoms with Crippen molar-refractivity contribution >= 4 is 6.03 Å². The van der Waals surface area contributed by atoms with Gasteiger partial charge in [0, 0.05) is 6.54 Å². The lowest BCUT2D eigenvalue weighted by molar-refractivity contribution is 0.0944. The first-order valence-electron chi connectivity index (χ1n) is 4.96. The normalized spacial score (nSPS) is 28.2. The minimum atomic E-state index is -0.364. The van der Waals surface area contributed by atoms with Crippen molar-refractivity contribution in [3.63, 3.8) is 0 Å². The number of aliphatic hydroxyl groups excluding tert-OH is 1. The van der Waals surface area contributed by atoms with E-state index in [4.69, 9.17) is 0 Å². The number of hydrogen-bond acceptors (Lipinski definition) is 2. The third kappa shape index (κ3) is 3.22. The van der Waals surface area contributed by atoms with Gasteiger partial charge in [0.25, 0.3) is 0 Å². The van der Waals surface area contributed by atoms with E-state index in [2.05, 4.69) is 10.6 Å². The third-order valence-electron chi connectivity index (χ3n) is 2.38. The van der Waals surface area contributed by atoms with Crippen molar-refractivity contribution in [3.05, 3.63) is 0 Å². The van der Waals surface area contributed by atoms with Crippen molar-refractivity contribution in [2.24, 2.45) is 0 Å². The summed E-state index contributed by atoms with van der Waals surface area (Å²) >= 11 is 0. The van der Waals surface area contributed by atoms with Crippen LogP contribution in [0.15, 0.2) is 0 Å². The molecule has 3 N–H and O–H groups in total. The molecule has 13 heavy (non-hydrogen) atoms. The Morgan fingerprint density at radius 3 is 2.77 bits per heavy atom. The smallest absolute Gasteiger partial charge is 0.315 e. The molecule has 0 bridgehead atoms. The number of aliphatic hydroxyl groups is 1. The molecule has 76 valence electrons. The maximum Gasteiger partial charge on any atom is 0.315 e. The Hall–Kier alpha value is -0.770. The van der Waals surface area contributed by atoms with Gasteiger partial charge in [-0.05, 0) is 19.8 Å². The van der Waals surface area contributed by atoms with Crippen LogP contribution in [0, 0.1) is 0 Å². The fraction of sp³-hybridized carbons (Fsp3) is 0.889. The molecule has 0 aromatic carbocycles. The molecule has 0 aromatic heterocycles. The molecule has 0 spiro atoms. The highest BCUT2D eigenvalue weighted by Gasteiger charge is 2.23. The number of amides is 2. The van der Waals surface area contributed by atoms with Crippen molar-refractivity contribution in [2.75, 3.05) is 6.54 Å². The molecule has 2 atom stereocenters. The van der Waals surface area contributed by atoms with Gasteiger partial charge in [0.2, 0.25) is 0 Å². The molecule has 1 aliphatic rings. The summed E-state index contributed by atoms with van der Waals surface area (Å²) in [4.78, 5) is 11.1. The van der Waals surface area contributed by atoms with Gasteiger partial charge >= 0.3 is 6.03 Å². The molecule has 4 heteroatoms. The predicted octanol–water partition coefficient (Wildman–Crippen LogP) is 0.609. The van der Waals surface area contributed by atoms with Crippen LogP contribution in [0.25, 0.3) is 0 Å². The first-order valence-corrected chi connectivity index (χ1v) is 4.96. The molecular formula is C9H18N2O2. The van der Waals surface area contributed by atoms with E-state index < -0.39 is 0 Å². The third-order valence-corrected chi connectivity index (χ3v) is 2.38. The number of carbonyl (C=O) groups excluding carboxylic acids is 1. The molecule has 0 radical (unpaired) electrons. The Labute approximate surface area is 78.7 Å². The molecule has 1 rings (SSSR count). The van der Waals surface area contributed by atoms with Gasteiger partial charge in [-0.3, -0.25) is 0 Å². The van der Waals surface area contributed by atoms with Gasteiger partial charge in [-0.15, -0.1) is 0 Å². The van der Waals surface area contributed by atoms with E-state index in [1.54, 1.807) is 0 Å². The topological polar surface area (TPSA) is 61.4 Å². The van der Waals surface area contributed by atoms with E-state index in [0.717, 1.165) is 25.7 Å². The van der Waals surface area contributed by atoms with E-state index in [-0.39, 0.29) is 18.2 Å². The zero-order chi connectivity index (χ0) is 9.68. The minimum absolute atomic E-state index is 0.0553. The predicted molar refractivity (Wildman–Crippen MR) is 50.5 cm³/mol. The van der Waals surface area contributed by atoms with Gasteiger partial charge in [-0.25, -0.2) is 4.79 Å². The molecule has 0 heterocycles. The van der Waals surface area contributed by atoms with Crippen molar-refractivity contribution in [2.45, 2.75) is 44.8 Å². The highest BCUT2D eigenvalue weighted by Crippen LogP contribution is 2.17. The number of nitrogens with one attached hydrogen (secondary N) is 2. The second kappa shape index (κ2) is 5.07. The van der Waals surface area contributed by atoms with Gasteiger partial charge in [0.05, 0.1) is 12.1 Å². The average molecular weight is 186 g/mol. The van der Waals surface area contributed by atoms with Crippen LogP contribution in [0.4, 0.5) is 4.79 Å². The monoisotopic (exact) mass is 186 g/mol. The van der Waals surface area contributed by atoms with Crippen LogP contribution in [-0.2, 0) is 0 Å². The molecule has 2 amide bonds. The second-order valence-electron chi connectivity index (χ2n) is 3.46. The van der Waals surface area contributed by atoms with Gasteiger partial charge in [-0.1, -0.05) is 12.8 Å². The molecule has 1 saturated carbocycles. The van der Waals surface area contributed by atoms with Crippen molar-refractivity contribution < 1.29 is 9.90 Å². The summed E-state index contributed by atoms with van der Waals surface area (Å²) in [7, 11) is 0. The molecule has 0 unspecified atom stereocenters. The summed E-state index contributed by atoms with van der Waals surface area (Å²) in [6.45, 7) is 2.49. The van der Waals surface area contributed by atoms with Crippen LogP contribution in [0.3, 0.4) is 0 Å². The SMILES string of the molecule is CCNC(=O)N[C@H]1CCCC[C@@H]1O. The molecule has 0 aliphatic heterocycles. The molecule has 1 aliphatic carbocycles. The Morgan fingerprint density at radius 2 is 2.15 bits per heavy atom. The summed E-state index contributed by atoms with van der Waals surface area (Å²) < 4.78 is 0. The number of rotatable bonds is 2. The van der Waals surface area contributed by atoms with Gasteiger partial charge in [-0.2, -0.15) is 0 Å². The summed E-state index contributed by atoms with van der Waals surface area (Å²) in [5.41, 5.74) is 0. The molecule has 0 saturated heterocycles. The molecule has 1 fully saturated rings. The van der Waals surface area contributed by atoms with Gasteiger partial charge in [0.15, 0.2) is 0 Å². The molecule has 0 aromatic rings. The summed E-state index contributed by atoms with van der Waals surface area (Å²) in [6, 6.07) is -0.228. The first kappa shape index (κ1) is 10.3. The van der Waals surface area contributed by atoms with E-state index in [9.17, 15) is 9.90 Å². The zero-order valence-electron chi connectivity index (χ0n) is 8.05. The number of carbonyl (C=O) groups is 1. The highest BCUT2D eigenvalue weighted by atomic mass is 16.3. The molecular weight excluding hydrogens is 168 g/mol. The number of hydrogen-bond donors (Lipinski definition) is 3. The Kier molecular flexibility index (Phi) is 4.02. The first-order chi connectivity index (χ1) is 6.24. The van der Waals surface area contributed by atoms with Crippen LogP contribution in [-0.4, -0.2) is 29.8 Å². The molecule has 4 nitrogen and oxygen atoms in total.